The van der Waals surface area contributed by atoms with Crippen molar-refractivity contribution in [2.75, 3.05) is 44.7 Å². The first-order valence-corrected chi connectivity index (χ1v) is 9.98. The molecule has 2 aliphatic rings. The minimum Gasteiger partial charge on any atom is -0.357 e. The maximum Gasteiger partial charge on any atom is 0.191 e. The SMILES string of the molecule is CCNC(=NCC1CCN(C2CC2)C1)NCCCCSC. The molecule has 0 radical (unpaired) electrons. The maximum atomic E-state index is 4.79. The van der Waals surface area contributed by atoms with Gasteiger partial charge in [-0.25, -0.2) is 0 Å². The van der Waals surface area contributed by atoms with Crippen LogP contribution in [-0.2, 0) is 0 Å². The second-order valence-corrected chi connectivity index (χ2v) is 7.21. The van der Waals surface area contributed by atoms with E-state index in [-0.39, 0.29) is 0 Å². The largest absolute Gasteiger partial charge is 0.357 e. The third kappa shape index (κ3) is 6.47. The van der Waals surface area contributed by atoms with E-state index in [0.717, 1.165) is 37.6 Å². The summed E-state index contributed by atoms with van der Waals surface area (Å²) in [5, 5.41) is 6.83. The van der Waals surface area contributed by atoms with E-state index in [4.69, 9.17) is 4.99 Å². The fourth-order valence-corrected chi connectivity index (χ4v) is 3.42. The van der Waals surface area contributed by atoms with Gasteiger partial charge in [-0.1, -0.05) is 0 Å². The van der Waals surface area contributed by atoms with E-state index in [0.29, 0.717) is 0 Å². The molecule has 5 heteroatoms. The quantitative estimate of drug-likeness (QED) is 0.389. The van der Waals surface area contributed by atoms with Crippen molar-refractivity contribution in [3.8, 4) is 0 Å². The average molecular weight is 313 g/mol. The average Bonchev–Trinajstić information content (AvgIpc) is 3.23. The molecule has 0 aromatic heterocycles. The molecular weight excluding hydrogens is 280 g/mol. The van der Waals surface area contributed by atoms with Gasteiger partial charge < -0.3 is 15.5 Å². The Bertz CT molecular complexity index is 317. The molecule has 4 nitrogen and oxygen atoms in total. The van der Waals surface area contributed by atoms with Crippen molar-refractivity contribution >= 4 is 17.7 Å². The Morgan fingerprint density at radius 2 is 2.10 bits per heavy atom. The lowest BCUT2D eigenvalue weighted by atomic mass is 10.1. The van der Waals surface area contributed by atoms with Gasteiger partial charge in [0.05, 0.1) is 0 Å². The standard InChI is InChI=1S/C16H32N4S/c1-3-17-16(18-9-4-5-11-21-2)19-12-14-8-10-20(13-14)15-6-7-15/h14-15H,3-13H2,1-2H3,(H2,17,18,19). The summed E-state index contributed by atoms with van der Waals surface area (Å²) in [4.78, 5) is 7.46. The number of thioether (sulfide) groups is 1. The van der Waals surface area contributed by atoms with Crippen molar-refractivity contribution in [1.29, 1.82) is 0 Å². The van der Waals surface area contributed by atoms with E-state index in [1.807, 2.05) is 11.8 Å². The van der Waals surface area contributed by atoms with Crippen LogP contribution in [-0.4, -0.2) is 61.6 Å². The summed E-state index contributed by atoms with van der Waals surface area (Å²) in [5.41, 5.74) is 0. The summed E-state index contributed by atoms with van der Waals surface area (Å²) >= 11 is 1.93. The molecule has 21 heavy (non-hydrogen) atoms. The Morgan fingerprint density at radius 1 is 1.24 bits per heavy atom. The minimum absolute atomic E-state index is 0.762. The smallest absolute Gasteiger partial charge is 0.191 e. The Labute approximate surface area is 134 Å². The third-order valence-electron chi connectivity index (χ3n) is 4.30. The van der Waals surface area contributed by atoms with Gasteiger partial charge in [0.2, 0.25) is 0 Å². The van der Waals surface area contributed by atoms with Crippen molar-refractivity contribution in [1.82, 2.24) is 15.5 Å². The molecule has 0 bridgehead atoms. The van der Waals surface area contributed by atoms with Crippen LogP contribution in [0, 0.1) is 5.92 Å². The van der Waals surface area contributed by atoms with E-state index < -0.39 is 0 Å². The summed E-state index contributed by atoms with van der Waals surface area (Å²) in [7, 11) is 0. The molecule has 2 rings (SSSR count). The Kier molecular flexibility index (Phi) is 7.72. The van der Waals surface area contributed by atoms with Gasteiger partial charge in [-0.15, -0.1) is 0 Å². The van der Waals surface area contributed by atoms with Crippen LogP contribution in [0.3, 0.4) is 0 Å². The highest BCUT2D eigenvalue weighted by Gasteiger charge is 2.34. The molecule has 122 valence electrons. The van der Waals surface area contributed by atoms with Gasteiger partial charge in [0, 0.05) is 32.2 Å². The molecule has 1 unspecified atom stereocenters. The van der Waals surface area contributed by atoms with Crippen LogP contribution in [0.1, 0.15) is 39.0 Å². The van der Waals surface area contributed by atoms with E-state index in [1.54, 1.807) is 0 Å². The molecular formula is C16H32N4S. The number of unbranched alkanes of at least 4 members (excludes halogenated alkanes) is 1. The normalized spacial score (nSPS) is 23.5. The van der Waals surface area contributed by atoms with Gasteiger partial charge in [0.25, 0.3) is 0 Å². The van der Waals surface area contributed by atoms with Crippen LogP contribution in [0.2, 0.25) is 0 Å². The summed E-state index contributed by atoms with van der Waals surface area (Å²) in [6, 6.07) is 0.918. The molecule has 0 spiro atoms. The van der Waals surface area contributed by atoms with Crippen LogP contribution in [0.15, 0.2) is 4.99 Å². The molecule has 2 fully saturated rings. The number of nitrogens with zero attached hydrogens (tertiary/aromatic N) is 2. The second-order valence-electron chi connectivity index (χ2n) is 6.23. The molecule has 0 aromatic carbocycles. The summed E-state index contributed by atoms with van der Waals surface area (Å²) < 4.78 is 0. The fourth-order valence-electron chi connectivity index (χ4n) is 2.92. The molecule has 1 aliphatic carbocycles. The number of hydrogen-bond acceptors (Lipinski definition) is 3. The van der Waals surface area contributed by atoms with E-state index >= 15 is 0 Å². The number of hydrogen-bond donors (Lipinski definition) is 2. The zero-order chi connectivity index (χ0) is 14.9. The van der Waals surface area contributed by atoms with Crippen molar-refractivity contribution in [2.45, 2.75) is 45.1 Å². The number of nitrogens with one attached hydrogen (secondary N) is 2. The topological polar surface area (TPSA) is 39.7 Å². The number of rotatable bonds is 9. The highest BCUT2D eigenvalue weighted by Crippen LogP contribution is 2.31. The van der Waals surface area contributed by atoms with E-state index in [9.17, 15) is 0 Å². The number of likely N-dealkylation sites (tertiary alicyclic amines) is 1. The van der Waals surface area contributed by atoms with Gasteiger partial charge in [0.15, 0.2) is 5.96 Å². The summed E-state index contributed by atoms with van der Waals surface area (Å²) in [6.45, 7) is 7.64. The van der Waals surface area contributed by atoms with Crippen LogP contribution in [0.25, 0.3) is 0 Å². The van der Waals surface area contributed by atoms with Gasteiger partial charge in [0.1, 0.15) is 0 Å². The zero-order valence-corrected chi connectivity index (χ0v) is 14.6. The van der Waals surface area contributed by atoms with Crippen LogP contribution in [0.4, 0.5) is 0 Å². The molecule has 0 aromatic rings. The number of guanidine groups is 1. The first-order chi connectivity index (χ1) is 10.3. The van der Waals surface area contributed by atoms with Gasteiger partial charge in [-0.2, -0.15) is 11.8 Å². The maximum absolute atomic E-state index is 4.79. The molecule has 1 aliphatic heterocycles. The molecule has 2 N–H and O–H groups in total. The Hall–Kier alpha value is -0.420. The van der Waals surface area contributed by atoms with Crippen LogP contribution in [0.5, 0.6) is 0 Å². The van der Waals surface area contributed by atoms with Gasteiger partial charge >= 0.3 is 0 Å². The van der Waals surface area contributed by atoms with Crippen molar-refractivity contribution in [2.24, 2.45) is 10.9 Å². The fraction of sp³-hybridized carbons (Fsp3) is 0.938. The Morgan fingerprint density at radius 3 is 2.81 bits per heavy atom. The van der Waals surface area contributed by atoms with Crippen molar-refractivity contribution in [3.63, 3.8) is 0 Å². The molecule has 1 saturated carbocycles. The third-order valence-corrected chi connectivity index (χ3v) is 5.00. The highest BCUT2D eigenvalue weighted by atomic mass is 32.2. The lowest BCUT2D eigenvalue weighted by molar-refractivity contribution is 0.315. The highest BCUT2D eigenvalue weighted by molar-refractivity contribution is 7.98. The molecule has 1 saturated heterocycles. The summed E-state index contributed by atoms with van der Waals surface area (Å²) in [6.07, 6.45) is 8.86. The predicted octanol–water partition coefficient (Wildman–Crippen LogP) is 2.17. The predicted molar refractivity (Wildman–Crippen MR) is 94.3 cm³/mol. The second kappa shape index (κ2) is 9.57. The molecule has 0 amide bonds. The lowest BCUT2D eigenvalue weighted by Gasteiger charge is -2.15. The van der Waals surface area contributed by atoms with Crippen LogP contribution >= 0.6 is 11.8 Å². The first kappa shape index (κ1) is 16.9. The lowest BCUT2D eigenvalue weighted by Crippen LogP contribution is -2.38. The summed E-state index contributed by atoms with van der Waals surface area (Å²) in [5.74, 6) is 3.03. The number of aliphatic imine (C=N–C) groups is 1. The zero-order valence-electron chi connectivity index (χ0n) is 13.7. The van der Waals surface area contributed by atoms with Gasteiger partial charge in [-0.05, 0) is 63.5 Å². The van der Waals surface area contributed by atoms with E-state index in [2.05, 4.69) is 28.7 Å². The van der Waals surface area contributed by atoms with E-state index in [1.165, 1.54) is 50.9 Å². The molecule has 1 heterocycles. The van der Waals surface area contributed by atoms with Crippen molar-refractivity contribution < 1.29 is 0 Å². The monoisotopic (exact) mass is 312 g/mol. The van der Waals surface area contributed by atoms with Crippen molar-refractivity contribution in [3.05, 3.63) is 0 Å². The Balaban J connectivity index is 1.64. The van der Waals surface area contributed by atoms with Crippen LogP contribution < -0.4 is 10.6 Å². The van der Waals surface area contributed by atoms with Gasteiger partial charge in [-0.3, -0.25) is 4.99 Å². The first-order valence-electron chi connectivity index (χ1n) is 8.58. The molecule has 1 atom stereocenters. The minimum atomic E-state index is 0.762.